The van der Waals surface area contributed by atoms with Crippen LogP contribution in [0.25, 0.3) is 0 Å². The Hall–Kier alpha value is -4.24. The lowest BCUT2D eigenvalue weighted by molar-refractivity contribution is -0.384. The Kier molecular flexibility index (Phi) is 8.62. The van der Waals surface area contributed by atoms with Gasteiger partial charge in [0.15, 0.2) is 23.2 Å². The maximum absolute atomic E-state index is 12.7. The first-order valence-corrected chi connectivity index (χ1v) is 12.6. The molecule has 0 radical (unpaired) electrons. The fraction of sp³-hybridized carbons (Fsp3) is 0.227. The first kappa shape index (κ1) is 27.3. The third-order valence-electron chi connectivity index (χ3n) is 4.79. The molecule has 3 aromatic rings. The second-order valence-electron chi connectivity index (χ2n) is 7.16. The third kappa shape index (κ3) is 6.50. The van der Waals surface area contributed by atoms with Gasteiger partial charge in [-0.1, -0.05) is 11.3 Å². The van der Waals surface area contributed by atoms with E-state index in [1.165, 1.54) is 21.3 Å². The first-order valence-electron chi connectivity index (χ1n) is 10.3. The molecular weight excluding hydrogens is 530 g/mol. The van der Waals surface area contributed by atoms with Crippen LogP contribution in [0.3, 0.4) is 0 Å². The van der Waals surface area contributed by atoms with Crippen molar-refractivity contribution >= 4 is 43.9 Å². The first-order chi connectivity index (χ1) is 17.6. The second kappa shape index (κ2) is 11.7. The number of nitrogens with zero attached hydrogens (tertiary/aromatic N) is 2. The number of methoxy groups -OCH3 is 3. The zero-order valence-corrected chi connectivity index (χ0v) is 21.4. The Bertz CT molecular complexity index is 1390. The average molecular weight is 552 g/mol. The number of hydrogen-bond donors (Lipinski definition) is 1. The standard InChI is InChI=1S/C22H21N3O10S2/c1-32-16-8-13(9-17(33-2)21(16)34-3)10-19(27)35-12-18(26)24-22-23-11-20(36-22)37(30,31)15-6-4-14(5-7-15)25(28)29/h4-9,11H,10,12H2,1-3H3,(H,23,24,26). The van der Waals surface area contributed by atoms with Crippen LogP contribution in [0.4, 0.5) is 10.8 Å². The van der Waals surface area contributed by atoms with E-state index in [2.05, 4.69) is 10.3 Å². The maximum Gasteiger partial charge on any atom is 0.310 e. The van der Waals surface area contributed by atoms with Crippen LogP contribution >= 0.6 is 11.3 Å². The van der Waals surface area contributed by atoms with E-state index in [0.717, 1.165) is 30.5 Å². The molecule has 0 aliphatic rings. The lowest BCUT2D eigenvalue weighted by Crippen LogP contribution is -2.21. The number of aromatic nitrogens is 1. The van der Waals surface area contributed by atoms with Crippen molar-refractivity contribution in [1.29, 1.82) is 0 Å². The Balaban J connectivity index is 1.59. The fourth-order valence-electron chi connectivity index (χ4n) is 3.06. The number of hydrogen-bond acceptors (Lipinski definition) is 12. The molecule has 0 saturated heterocycles. The molecule has 13 nitrogen and oxygen atoms in total. The molecule has 0 aliphatic carbocycles. The van der Waals surface area contributed by atoms with E-state index in [0.29, 0.717) is 34.1 Å². The number of sulfone groups is 1. The van der Waals surface area contributed by atoms with Crippen molar-refractivity contribution in [3.8, 4) is 17.2 Å². The molecule has 0 saturated carbocycles. The van der Waals surface area contributed by atoms with Gasteiger partial charge in [0.05, 0.1) is 43.8 Å². The SMILES string of the molecule is COc1cc(CC(=O)OCC(=O)Nc2ncc(S(=O)(=O)c3ccc([N+](=O)[O-])cc3)s2)cc(OC)c1OC. The van der Waals surface area contributed by atoms with E-state index in [-0.39, 0.29) is 26.3 Å². The summed E-state index contributed by atoms with van der Waals surface area (Å²) in [5.74, 6) is -0.368. The number of amides is 1. The fourth-order valence-corrected chi connectivity index (χ4v) is 5.51. The minimum Gasteiger partial charge on any atom is -0.493 e. The van der Waals surface area contributed by atoms with Crippen molar-refractivity contribution in [2.45, 2.75) is 15.5 Å². The molecule has 3 rings (SSSR count). The monoisotopic (exact) mass is 551 g/mol. The van der Waals surface area contributed by atoms with Gasteiger partial charge in [0.2, 0.25) is 15.6 Å². The van der Waals surface area contributed by atoms with Gasteiger partial charge in [0.1, 0.15) is 4.21 Å². The van der Waals surface area contributed by atoms with Gasteiger partial charge in [0.25, 0.3) is 11.6 Å². The molecule has 1 heterocycles. The van der Waals surface area contributed by atoms with E-state index in [4.69, 9.17) is 18.9 Å². The second-order valence-corrected chi connectivity index (χ2v) is 10.4. The molecule has 0 atom stereocenters. The zero-order valence-electron chi connectivity index (χ0n) is 19.7. The highest BCUT2D eigenvalue weighted by molar-refractivity contribution is 7.93. The van der Waals surface area contributed by atoms with Gasteiger partial charge < -0.3 is 18.9 Å². The van der Waals surface area contributed by atoms with E-state index in [1.807, 2.05) is 0 Å². The Morgan fingerprint density at radius 3 is 2.22 bits per heavy atom. The molecule has 0 aliphatic heterocycles. The number of non-ortho nitro benzene ring substituents is 1. The number of thiazole rings is 1. The maximum atomic E-state index is 12.7. The molecule has 15 heteroatoms. The molecule has 0 fully saturated rings. The summed E-state index contributed by atoms with van der Waals surface area (Å²) in [5, 5.41) is 13.1. The highest BCUT2D eigenvalue weighted by Gasteiger charge is 2.23. The predicted molar refractivity (Wildman–Crippen MR) is 130 cm³/mol. The van der Waals surface area contributed by atoms with Gasteiger partial charge in [-0.25, -0.2) is 13.4 Å². The summed E-state index contributed by atoms with van der Waals surface area (Å²) in [6.07, 6.45) is 0.867. The highest BCUT2D eigenvalue weighted by atomic mass is 32.2. The van der Waals surface area contributed by atoms with Gasteiger partial charge in [-0.15, -0.1) is 0 Å². The van der Waals surface area contributed by atoms with Crippen LogP contribution in [-0.4, -0.2) is 58.1 Å². The van der Waals surface area contributed by atoms with Crippen molar-refractivity contribution < 1.29 is 41.9 Å². The van der Waals surface area contributed by atoms with Crippen molar-refractivity contribution in [3.63, 3.8) is 0 Å². The zero-order chi connectivity index (χ0) is 27.2. The predicted octanol–water partition coefficient (Wildman–Crippen LogP) is 2.63. The Labute approximate surface area is 215 Å². The summed E-state index contributed by atoms with van der Waals surface area (Å²) >= 11 is 0.677. The van der Waals surface area contributed by atoms with E-state index in [9.17, 15) is 28.1 Å². The quantitative estimate of drug-likeness (QED) is 0.211. The Morgan fingerprint density at radius 2 is 1.68 bits per heavy atom. The minimum absolute atomic E-state index is 0.0360. The summed E-state index contributed by atoms with van der Waals surface area (Å²) in [6.45, 7) is -0.632. The van der Waals surface area contributed by atoms with Gasteiger partial charge in [-0.2, -0.15) is 0 Å². The topological polar surface area (TPSA) is 173 Å². The van der Waals surface area contributed by atoms with Crippen molar-refractivity contribution in [2.75, 3.05) is 33.3 Å². The molecule has 1 aromatic heterocycles. The number of nitro groups is 1. The average Bonchev–Trinajstić information content (AvgIpc) is 3.36. The minimum atomic E-state index is -4.01. The van der Waals surface area contributed by atoms with Crippen LogP contribution in [0.5, 0.6) is 17.2 Å². The number of carbonyl (C=O) groups excluding carboxylic acids is 2. The van der Waals surface area contributed by atoms with Crippen molar-refractivity contribution in [1.82, 2.24) is 4.98 Å². The van der Waals surface area contributed by atoms with E-state index in [1.54, 1.807) is 12.1 Å². The van der Waals surface area contributed by atoms with E-state index < -0.39 is 33.2 Å². The molecule has 2 aromatic carbocycles. The van der Waals surface area contributed by atoms with Crippen molar-refractivity contribution in [2.24, 2.45) is 0 Å². The van der Waals surface area contributed by atoms with Crippen LogP contribution in [0, 0.1) is 10.1 Å². The summed E-state index contributed by atoms with van der Waals surface area (Å²) in [5.41, 5.74) is 0.247. The summed E-state index contributed by atoms with van der Waals surface area (Å²) in [4.78, 5) is 38.2. The Morgan fingerprint density at radius 1 is 1.05 bits per heavy atom. The molecule has 37 heavy (non-hydrogen) atoms. The third-order valence-corrected chi connectivity index (χ3v) is 7.93. The molecule has 1 N–H and O–H groups in total. The van der Waals surface area contributed by atoms with Crippen molar-refractivity contribution in [3.05, 3.63) is 58.3 Å². The normalized spacial score (nSPS) is 10.9. The summed E-state index contributed by atoms with van der Waals surface area (Å²) in [6, 6.07) is 7.51. The lowest BCUT2D eigenvalue weighted by atomic mass is 10.1. The summed E-state index contributed by atoms with van der Waals surface area (Å²) in [7, 11) is 0.313. The van der Waals surface area contributed by atoms with E-state index >= 15 is 0 Å². The van der Waals surface area contributed by atoms with Gasteiger partial charge in [0, 0.05) is 12.1 Å². The number of nitro benzene ring substituents is 1. The molecule has 0 spiro atoms. The number of esters is 1. The molecule has 0 unspecified atom stereocenters. The van der Waals surface area contributed by atoms with Gasteiger partial charge in [-0.3, -0.25) is 25.0 Å². The van der Waals surface area contributed by atoms with Gasteiger partial charge in [-0.05, 0) is 29.8 Å². The molecule has 0 bridgehead atoms. The lowest BCUT2D eigenvalue weighted by Gasteiger charge is -2.14. The number of benzene rings is 2. The van der Waals surface area contributed by atoms with Gasteiger partial charge >= 0.3 is 5.97 Å². The summed E-state index contributed by atoms with van der Waals surface area (Å²) < 4.78 is 46.0. The van der Waals surface area contributed by atoms with Crippen LogP contribution in [-0.2, 0) is 30.6 Å². The number of ether oxygens (including phenoxy) is 4. The van der Waals surface area contributed by atoms with Crippen LogP contribution in [0.2, 0.25) is 0 Å². The van der Waals surface area contributed by atoms with Crippen LogP contribution in [0.1, 0.15) is 5.56 Å². The molecule has 1 amide bonds. The number of carbonyl (C=O) groups is 2. The molecule has 196 valence electrons. The largest absolute Gasteiger partial charge is 0.493 e. The van der Waals surface area contributed by atoms with Crippen LogP contribution < -0.4 is 19.5 Å². The van der Waals surface area contributed by atoms with Crippen LogP contribution in [0.15, 0.2) is 51.7 Å². The molecular formula is C22H21N3O10S2. The number of rotatable bonds is 11. The highest BCUT2D eigenvalue weighted by Crippen LogP contribution is 2.38. The smallest absolute Gasteiger partial charge is 0.310 e. The number of anilines is 1. The number of nitrogens with one attached hydrogen (secondary N) is 1.